The zero-order chi connectivity index (χ0) is 18.6. The van der Waals surface area contributed by atoms with Gasteiger partial charge in [-0.05, 0) is 52.4 Å². The van der Waals surface area contributed by atoms with Crippen LogP contribution >= 0.6 is 0 Å². The average Bonchev–Trinajstić information content (AvgIpc) is 2.84. The minimum Gasteiger partial charge on any atom is -0.352 e. The SMILES string of the molecule is Cc1cc(C)c(C(=O)NCCC2CCC(=O)N2CCN(C)C)c(=O)[nH]1. The summed E-state index contributed by atoms with van der Waals surface area (Å²) in [6.07, 6.45) is 2.10. The zero-order valence-corrected chi connectivity index (χ0v) is 15.5. The van der Waals surface area contributed by atoms with Gasteiger partial charge in [0.15, 0.2) is 0 Å². The number of H-pyrrole nitrogens is 1. The number of carbonyl (C=O) groups excluding carboxylic acids is 2. The Labute approximate surface area is 148 Å². The minimum absolute atomic E-state index is 0.158. The second kappa shape index (κ2) is 8.29. The van der Waals surface area contributed by atoms with E-state index in [0.717, 1.165) is 18.7 Å². The largest absolute Gasteiger partial charge is 0.352 e. The molecule has 1 aromatic rings. The van der Waals surface area contributed by atoms with E-state index in [1.807, 2.05) is 19.0 Å². The summed E-state index contributed by atoms with van der Waals surface area (Å²) in [7, 11) is 3.97. The summed E-state index contributed by atoms with van der Waals surface area (Å²) in [6, 6.07) is 1.94. The fourth-order valence-electron chi connectivity index (χ4n) is 3.28. The Hall–Kier alpha value is -2.15. The number of aromatic nitrogens is 1. The van der Waals surface area contributed by atoms with Gasteiger partial charge >= 0.3 is 0 Å². The Morgan fingerprint density at radius 1 is 1.36 bits per heavy atom. The highest BCUT2D eigenvalue weighted by molar-refractivity contribution is 5.95. The van der Waals surface area contributed by atoms with Crippen LogP contribution in [0.15, 0.2) is 10.9 Å². The van der Waals surface area contributed by atoms with Gasteiger partial charge in [-0.1, -0.05) is 0 Å². The average molecular weight is 348 g/mol. The number of amides is 2. The number of pyridine rings is 1. The van der Waals surface area contributed by atoms with Crippen molar-refractivity contribution in [2.75, 3.05) is 33.7 Å². The summed E-state index contributed by atoms with van der Waals surface area (Å²) in [6.45, 7) is 5.53. The van der Waals surface area contributed by atoms with Crippen molar-refractivity contribution in [1.82, 2.24) is 20.1 Å². The fraction of sp³-hybridized carbons (Fsp3) is 0.611. The summed E-state index contributed by atoms with van der Waals surface area (Å²) in [4.78, 5) is 42.9. The van der Waals surface area contributed by atoms with Crippen LogP contribution in [-0.4, -0.2) is 66.4 Å². The molecule has 7 nitrogen and oxygen atoms in total. The van der Waals surface area contributed by atoms with E-state index in [2.05, 4.69) is 15.2 Å². The molecular weight excluding hydrogens is 320 g/mol. The van der Waals surface area contributed by atoms with Crippen LogP contribution in [0.5, 0.6) is 0 Å². The van der Waals surface area contributed by atoms with Gasteiger partial charge in [0.25, 0.3) is 11.5 Å². The second-order valence-corrected chi connectivity index (χ2v) is 6.97. The molecule has 0 spiro atoms. The van der Waals surface area contributed by atoms with Gasteiger partial charge in [0.2, 0.25) is 5.91 Å². The van der Waals surface area contributed by atoms with Crippen LogP contribution in [-0.2, 0) is 4.79 Å². The predicted octanol–water partition coefficient (Wildman–Crippen LogP) is 0.664. The molecule has 0 aromatic carbocycles. The molecule has 1 aromatic heterocycles. The van der Waals surface area contributed by atoms with Crippen LogP contribution in [0.4, 0.5) is 0 Å². The number of aryl methyl sites for hydroxylation is 2. The molecule has 1 fully saturated rings. The van der Waals surface area contributed by atoms with Crippen molar-refractivity contribution in [3.05, 3.63) is 33.2 Å². The monoisotopic (exact) mass is 348 g/mol. The number of aromatic amines is 1. The van der Waals surface area contributed by atoms with Crippen molar-refractivity contribution in [2.45, 2.75) is 39.2 Å². The first-order valence-corrected chi connectivity index (χ1v) is 8.72. The van der Waals surface area contributed by atoms with Gasteiger partial charge in [-0.2, -0.15) is 0 Å². The number of nitrogens with zero attached hydrogens (tertiary/aromatic N) is 2. The molecule has 1 aliphatic heterocycles. The van der Waals surface area contributed by atoms with Gasteiger partial charge in [0, 0.05) is 37.8 Å². The van der Waals surface area contributed by atoms with Crippen LogP contribution in [0.3, 0.4) is 0 Å². The maximum absolute atomic E-state index is 12.3. The Morgan fingerprint density at radius 2 is 2.08 bits per heavy atom. The number of rotatable bonds is 7. The van der Waals surface area contributed by atoms with E-state index in [1.165, 1.54) is 0 Å². The third kappa shape index (κ3) is 4.92. The fourth-order valence-corrected chi connectivity index (χ4v) is 3.28. The summed E-state index contributed by atoms with van der Waals surface area (Å²) < 4.78 is 0. The molecular formula is C18H28N4O3. The minimum atomic E-state index is -0.362. The molecule has 0 bridgehead atoms. The highest BCUT2D eigenvalue weighted by Crippen LogP contribution is 2.20. The summed E-state index contributed by atoms with van der Waals surface area (Å²) in [5.74, 6) is -0.174. The first-order valence-electron chi connectivity index (χ1n) is 8.72. The molecule has 2 amide bonds. The van der Waals surface area contributed by atoms with Crippen LogP contribution in [0, 0.1) is 13.8 Å². The van der Waals surface area contributed by atoms with Crippen molar-refractivity contribution in [2.24, 2.45) is 0 Å². The van der Waals surface area contributed by atoms with Gasteiger partial charge < -0.3 is 20.1 Å². The molecule has 138 valence electrons. The van der Waals surface area contributed by atoms with Crippen molar-refractivity contribution < 1.29 is 9.59 Å². The van der Waals surface area contributed by atoms with Crippen LogP contribution in [0.1, 0.15) is 40.9 Å². The summed E-state index contributed by atoms with van der Waals surface area (Å²) in [5.41, 5.74) is 1.21. The lowest BCUT2D eigenvalue weighted by molar-refractivity contribution is -0.129. The number of hydrogen-bond acceptors (Lipinski definition) is 4. The van der Waals surface area contributed by atoms with E-state index in [-0.39, 0.29) is 29.0 Å². The number of likely N-dealkylation sites (N-methyl/N-ethyl adjacent to an activating group) is 1. The van der Waals surface area contributed by atoms with E-state index in [4.69, 9.17) is 0 Å². The Kier molecular flexibility index (Phi) is 6.36. The summed E-state index contributed by atoms with van der Waals surface area (Å²) >= 11 is 0. The van der Waals surface area contributed by atoms with Crippen LogP contribution < -0.4 is 10.9 Å². The molecule has 2 heterocycles. The number of hydrogen-bond donors (Lipinski definition) is 2. The van der Waals surface area contributed by atoms with Crippen molar-refractivity contribution in [3.63, 3.8) is 0 Å². The normalized spacial score (nSPS) is 17.4. The molecule has 0 saturated carbocycles. The highest BCUT2D eigenvalue weighted by atomic mass is 16.2. The third-order valence-electron chi connectivity index (χ3n) is 4.60. The lowest BCUT2D eigenvalue weighted by atomic mass is 10.1. The molecule has 1 unspecified atom stereocenters. The predicted molar refractivity (Wildman–Crippen MR) is 96.8 cm³/mol. The third-order valence-corrected chi connectivity index (χ3v) is 4.60. The second-order valence-electron chi connectivity index (χ2n) is 6.97. The first kappa shape index (κ1) is 19.2. The van der Waals surface area contributed by atoms with Crippen LogP contribution in [0.25, 0.3) is 0 Å². The molecule has 1 aliphatic rings. The Balaban J connectivity index is 1.90. The quantitative estimate of drug-likeness (QED) is 0.758. The van der Waals surface area contributed by atoms with Gasteiger partial charge in [-0.3, -0.25) is 14.4 Å². The molecule has 0 aliphatic carbocycles. The van der Waals surface area contributed by atoms with E-state index >= 15 is 0 Å². The van der Waals surface area contributed by atoms with Crippen molar-refractivity contribution in [3.8, 4) is 0 Å². The van der Waals surface area contributed by atoms with Gasteiger partial charge in [0.1, 0.15) is 5.56 Å². The number of carbonyl (C=O) groups is 2. The maximum atomic E-state index is 12.3. The first-order chi connectivity index (χ1) is 11.8. The number of likely N-dealkylation sites (tertiary alicyclic amines) is 1. The van der Waals surface area contributed by atoms with Crippen LogP contribution in [0.2, 0.25) is 0 Å². The lowest BCUT2D eigenvalue weighted by Crippen LogP contribution is -2.40. The Bertz CT molecular complexity index is 696. The van der Waals surface area contributed by atoms with Crippen molar-refractivity contribution in [1.29, 1.82) is 0 Å². The zero-order valence-electron chi connectivity index (χ0n) is 15.5. The van der Waals surface area contributed by atoms with Gasteiger partial charge in [0.05, 0.1) is 0 Å². The van der Waals surface area contributed by atoms with Gasteiger partial charge in [-0.15, -0.1) is 0 Å². The highest BCUT2D eigenvalue weighted by Gasteiger charge is 2.30. The maximum Gasteiger partial charge on any atom is 0.261 e. The standard InChI is InChI=1S/C18H28N4O3/c1-12-11-13(2)20-18(25)16(12)17(24)19-8-7-14-5-6-15(23)22(14)10-9-21(3)4/h11,14H,5-10H2,1-4H3,(H,19,24)(H,20,25). The van der Waals surface area contributed by atoms with E-state index in [1.54, 1.807) is 19.9 Å². The molecule has 2 N–H and O–H groups in total. The summed E-state index contributed by atoms with van der Waals surface area (Å²) in [5, 5.41) is 2.82. The Morgan fingerprint density at radius 3 is 2.72 bits per heavy atom. The smallest absolute Gasteiger partial charge is 0.261 e. The molecule has 2 rings (SSSR count). The topological polar surface area (TPSA) is 85.5 Å². The molecule has 1 saturated heterocycles. The number of nitrogens with one attached hydrogen (secondary N) is 2. The van der Waals surface area contributed by atoms with E-state index in [0.29, 0.717) is 31.5 Å². The molecule has 25 heavy (non-hydrogen) atoms. The molecule has 7 heteroatoms. The molecule has 0 radical (unpaired) electrons. The van der Waals surface area contributed by atoms with E-state index in [9.17, 15) is 14.4 Å². The van der Waals surface area contributed by atoms with E-state index < -0.39 is 0 Å². The van der Waals surface area contributed by atoms with Crippen molar-refractivity contribution >= 4 is 11.8 Å². The lowest BCUT2D eigenvalue weighted by Gasteiger charge is -2.26. The van der Waals surface area contributed by atoms with Gasteiger partial charge in [-0.25, -0.2) is 0 Å². The molecule has 1 atom stereocenters.